The van der Waals surface area contributed by atoms with E-state index in [1.165, 1.54) is 24.1 Å². The normalized spacial score (nSPS) is 15.3. The Morgan fingerprint density at radius 1 is 1.50 bits per heavy atom. The van der Waals surface area contributed by atoms with Gasteiger partial charge in [-0.25, -0.2) is 0 Å². The maximum Gasteiger partial charge on any atom is 0.234 e. The van der Waals surface area contributed by atoms with Gasteiger partial charge in [-0.2, -0.15) is 0 Å². The molecule has 1 aromatic rings. The van der Waals surface area contributed by atoms with E-state index in [0.717, 1.165) is 19.4 Å². The predicted octanol–water partition coefficient (Wildman–Crippen LogP) is 1.64. The molecular weight excluding hydrogens is 272 g/mol. The Labute approximate surface area is 124 Å². The average Bonchev–Trinajstić information content (AvgIpc) is 2.87. The highest BCUT2D eigenvalue weighted by molar-refractivity contribution is 7.09. The molecule has 1 aromatic heterocycles. The average molecular weight is 296 g/mol. The van der Waals surface area contributed by atoms with E-state index in [-0.39, 0.29) is 12.5 Å². The summed E-state index contributed by atoms with van der Waals surface area (Å²) in [4.78, 5) is 15.5. The second-order valence-corrected chi connectivity index (χ2v) is 6.34. The third kappa shape index (κ3) is 4.89. The van der Waals surface area contributed by atoms with E-state index in [1.54, 1.807) is 11.3 Å². The fraction of sp³-hybridized carbons (Fsp3) is 0.667. The van der Waals surface area contributed by atoms with E-state index >= 15 is 0 Å². The first kappa shape index (κ1) is 15.5. The summed E-state index contributed by atoms with van der Waals surface area (Å²) in [6.45, 7) is 2.19. The van der Waals surface area contributed by atoms with Gasteiger partial charge < -0.3 is 10.4 Å². The molecule has 0 aliphatic heterocycles. The summed E-state index contributed by atoms with van der Waals surface area (Å²) in [5.41, 5.74) is 0. The number of hydrogen-bond acceptors (Lipinski definition) is 4. The van der Waals surface area contributed by atoms with Gasteiger partial charge >= 0.3 is 0 Å². The standard InChI is InChI=1S/C15H24N2O2S/c18-10-3-9-17(13-4-1-5-13)12-15(19)16-8-7-14-6-2-11-20-14/h2,6,11,13,18H,1,3-5,7-10,12H2,(H,16,19). The van der Waals surface area contributed by atoms with E-state index in [2.05, 4.69) is 21.7 Å². The van der Waals surface area contributed by atoms with Crippen molar-refractivity contribution in [3.8, 4) is 0 Å². The van der Waals surface area contributed by atoms with Gasteiger partial charge in [-0.1, -0.05) is 12.5 Å². The van der Waals surface area contributed by atoms with Crippen LogP contribution in [-0.4, -0.2) is 48.2 Å². The minimum Gasteiger partial charge on any atom is -0.396 e. The minimum atomic E-state index is 0.103. The van der Waals surface area contributed by atoms with Gasteiger partial charge in [-0.05, 0) is 37.1 Å². The number of aliphatic hydroxyl groups is 1. The van der Waals surface area contributed by atoms with Gasteiger partial charge in [-0.3, -0.25) is 9.69 Å². The maximum atomic E-state index is 12.0. The zero-order valence-electron chi connectivity index (χ0n) is 11.9. The molecule has 1 saturated carbocycles. The number of rotatable bonds is 9. The monoisotopic (exact) mass is 296 g/mol. The summed E-state index contributed by atoms with van der Waals surface area (Å²) in [6.07, 6.45) is 5.30. The topological polar surface area (TPSA) is 52.6 Å². The van der Waals surface area contributed by atoms with Gasteiger partial charge in [0.1, 0.15) is 0 Å². The molecule has 2 rings (SSSR count). The fourth-order valence-electron chi connectivity index (χ4n) is 2.44. The lowest BCUT2D eigenvalue weighted by Gasteiger charge is -2.37. The zero-order chi connectivity index (χ0) is 14.2. The Morgan fingerprint density at radius 2 is 2.35 bits per heavy atom. The molecule has 0 bridgehead atoms. The van der Waals surface area contributed by atoms with Crippen LogP contribution in [0.2, 0.25) is 0 Å². The summed E-state index contributed by atoms with van der Waals surface area (Å²) in [6, 6.07) is 4.68. The highest BCUT2D eigenvalue weighted by atomic mass is 32.1. The molecule has 0 aromatic carbocycles. The van der Waals surface area contributed by atoms with Gasteiger partial charge in [0.25, 0.3) is 0 Å². The van der Waals surface area contributed by atoms with Crippen molar-refractivity contribution in [1.29, 1.82) is 0 Å². The second kappa shape index (κ2) is 8.39. The highest BCUT2D eigenvalue weighted by Gasteiger charge is 2.25. The minimum absolute atomic E-state index is 0.103. The van der Waals surface area contributed by atoms with Crippen LogP contribution in [-0.2, 0) is 11.2 Å². The molecule has 0 radical (unpaired) electrons. The van der Waals surface area contributed by atoms with E-state index in [0.29, 0.717) is 19.1 Å². The second-order valence-electron chi connectivity index (χ2n) is 5.31. The van der Waals surface area contributed by atoms with Crippen LogP contribution in [0.15, 0.2) is 17.5 Å². The molecule has 112 valence electrons. The quantitative estimate of drug-likeness (QED) is 0.728. The number of amides is 1. The van der Waals surface area contributed by atoms with Crippen molar-refractivity contribution in [2.75, 3.05) is 26.2 Å². The van der Waals surface area contributed by atoms with E-state index in [9.17, 15) is 4.79 Å². The molecule has 1 aliphatic carbocycles. The third-order valence-corrected chi connectivity index (χ3v) is 4.75. The Hall–Kier alpha value is -0.910. The van der Waals surface area contributed by atoms with Gasteiger partial charge in [0, 0.05) is 30.6 Å². The summed E-state index contributed by atoms with van der Waals surface area (Å²) < 4.78 is 0. The number of thiophene rings is 1. The number of carbonyl (C=O) groups is 1. The number of hydrogen-bond donors (Lipinski definition) is 2. The van der Waals surface area contributed by atoms with Crippen LogP contribution < -0.4 is 5.32 Å². The van der Waals surface area contributed by atoms with Crippen LogP contribution >= 0.6 is 11.3 Å². The Morgan fingerprint density at radius 3 is 2.95 bits per heavy atom. The molecule has 1 aliphatic rings. The van der Waals surface area contributed by atoms with Crippen LogP contribution in [0.3, 0.4) is 0 Å². The van der Waals surface area contributed by atoms with Crippen LogP contribution in [0, 0.1) is 0 Å². The molecule has 1 heterocycles. The largest absolute Gasteiger partial charge is 0.396 e. The summed E-state index contributed by atoms with van der Waals surface area (Å²) in [5.74, 6) is 0.103. The molecule has 2 N–H and O–H groups in total. The number of nitrogens with one attached hydrogen (secondary N) is 1. The van der Waals surface area contributed by atoms with Crippen molar-refractivity contribution in [3.63, 3.8) is 0 Å². The molecule has 1 amide bonds. The molecule has 0 unspecified atom stereocenters. The van der Waals surface area contributed by atoms with Crippen LogP contribution in [0.5, 0.6) is 0 Å². The molecule has 20 heavy (non-hydrogen) atoms. The molecule has 0 atom stereocenters. The number of aliphatic hydroxyl groups excluding tert-OH is 1. The lowest BCUT2D eigenvalue weighted by Crippen LogP contribution is -2.46. The van der Waals surface area contributed by atoms with Crippen LogP contribution in [0.25, 0.3) is 0 Å². The summed E-state index contributed by atoms with van der Waals surface area (Å²) in [5, 5.41) is 14.0. The van der Waals surface area contributed by atoms with Crippen LogP contribution in [0.4, 0.5) is 0 Å². The first-order valence-electron chi connectivity index (χ1n) is 7.43. The molecule has 4 nitrogen and oxygen atoms in total. The Kier molecular flexibility index (Phi) is 6.50. The highest BCUT2D eigenvalue weighted by Crippen LogP contribution is 2.24. The molecule has 0 spiro atoms. The first-order chi connectivity index (χ1) is 9.79. The number of carbonyl (C=O) groups excluding carboxylic acids is 1. The maximum absolute atomic E-state index is 12.0. The lowest BCUT2D eigenvalue weighted by atomic mass is 9.91. The van der Waals surface area contributed by atoms with Crippen molar-refractivity contribution in [1.82, 2.24) is 10.2 Å². The SMILES string of the molecule is O=C(CN(CCCO)C1CCC1)NCCc1cccs1. The smallest absolute Gasteiger partial charge is 0.234 e. The number of nitrogens with zero attached hydrogens (tertiary/aromatic N) is 1. The van der Waals surface area contributed by atoms with Crippen LogP contribution in [0.1, 0.15) is 30.6 Å². The van der Waals surface area contributed by atoms with Crippen molar-refractivity contribution in [3.05, 3.63) is 22.4 Å². The molecular formula is C15H24N2O2S. The van der Waals surface area contributed by atoms with Crippen molar-refractivity contribution < 1.29 is 9.90 Å². The van der Waals surface area contributed by atoms with Crippen molar-refractivity contribution in [2.24, 2.45) is 0 Å². The Bertz CT molecular complexity index is 391. The van der Waals surface area contributed by atoms with E-state index < -0.39 is 0 Å². The summed E-state index contributed by atoms with van der Waals surface area (Å²) >= 11 is 1.73. The molecule has 5 heteroatoms. The van der Waals surface area contributed by atoms with Crippen molar-refractivity contribution in [2.45, 2.75) is 38.1 Å². The van der Waals surface area contributed by atoms with Gasteiger partial charge in [0.2, 0.25) is 5.91 Å². The predicted molar refractivity (Wildman–Crippen MR) is 81.9 cm³/mol. The lowest BCUT2D eigenvalue weighted by molar-refractivity contribution is -0.123. The summed E-state index contributed by atoms with van der Waals surface area (Å²) in [7, 11) is 0. The zero-order valence-corrected chi connectivity index (χ0v) is 12.7. The van der Waals surface area contributed by atoms with Crippen molar-refractivity contribution >= 4 is 17.2 Å². The molecule has 1 fully saturated rings. The third-order valence-electron chi connectivity index (χ3n) is 3.81. The van der Waals surface area contributed by atoms with Gasteiger partial charge in [-0.15, -0.1) is 11.3 Å². The first-order valence-corrected chi connectivity index (χ1v) is 8.31. The fourth-order valence-corrected chi connectivity index (χ4v) is 3.15. The van der Waals surface area contributed by atoms with Gasteiger partial charge in [0.05, 0.1) is 6.54 Å². The Balaban J connectivity index is 1.67. The molecule has 0 saturated heterocycles. The van der Waals surface area contributed by atoms with E-state index in [1.807, 2.05) is 6.07 Å². The van der Waals surface area contributed by atoms with Gasteiger partial charge in [0.15, 0.2) is 0 Å². The van der Waals surface area contributed by atoms with E-state index in [4.69, 9.17) is 5.11 Å².